The lowest BCUT2D eigenvalue weighted by Gasteiger charge is -2.24. The summed E-state index contributed by atoms with van der Waals surface area (Å²) in [6, 6.07) is -0.296. The maximum Gasteiger partial charge on any atom is 0.324 e. The van der Waals surface area contributed by atoms with Gasteiger partial charge in [0.15, 0.2) is 0 Å². The molecule has 6 heteroatoms. The standard InChI is InChI=1S/C9H17N3O3/c1-7(6-13)11(2)3-4-12-8(14)5-10-9(12)15/h7,13H,3-6H2,1-2H3,(H,10,15). The zero-order valence-corrected chi connectivity index (χ0v) is 9.06. The molecule has 0 radical (unpaired) electrons. The Hall–Kier alpha value is -1.14. The van der Waals surface area contributed by atoms with Gasteiger partial charge in [0.25, 0.3) is 0 Å². The molecule has 15 heavy (non-hydrogen) atoms. The lowest BCUT2D eigenvalue weighted by atomic mass is 10.3. The maximum absolute atomic E-state index is 11.2. The molecule has 0 aromatic carbocycles. The number of hydrogen-bond acceptors (Lipinski definition) is 4. The van der Waals surface area contributed by atoms with Crippen molar-refractivity contribution < 1.29 is 14.7 Å². The third kappa shape index (κ3) is 2.90. The number of nitrogens with zero attached hydrogens (tertiary/aromatic N) is 2. The summed E-state index contributed by atoms with van der Waals surface area (Å²) >= 11 is 0. The Kier molecular flexibility index (Phi) is 4.05. The summed E-state index contributed by atoms with van der Waals surface area (Å²) in [6.45, 7) is 2.98. The number of carbonyl (C=O) groups is 2. The quantitative estimate of drug-likeness (QED) is 0.568. The van der Waals surface area contributed by atoms with Crippen LogP contribution < -0.4 is 5.32 Å². The summed E-state index contributed by atoms with van der Waals surface area (Å²) in [5.41, 5.74) is 0. The van der Waals surface area contributed by atoms with E-state index in [1.807, 2.05) is 18.9 Å². The van der Waals surface area contributed by atoms with E-state index in [0.717, 1.165) is 0 Å². The average molecular weight is 215 g/mol. The molecule has 6 nitrogen and oxygen atoms in total. The molecule has 1 saturated heterocycles. The summed E-state index contributed by atoms with van der Waals surface area (Å²) in [4.78, 5) is 25.5. The van der Waals surface area contributed by atoms with E-state index in [4.69, 9.17) is 5.11 Å². The molecular formula is C9H17N3O3. The van der Waals surface area contributed by atoms with Crippen LogP contribution >= 0.6 is 0 Å². The Morgan fingerprint density at radius 1 is 1.60 bits per heavy atom. The minimum Gasteiger partial charge on any atom is -0.395 e. The molecular weight excluding hydrogens is 198 g/mol. The first-order valence-corrected chi connectivity index (χ1v) is 4.95. The number of imide groups is 1. The molecule has 0 bridgehead atoms. The van der Waals surface area contributed by atoms with Crippen LogP contribution in [-0.2, 0) is 4.79 Å². The third-order valence-corrected chi connectivity index (χ3v) is 2.63. The number of aliphatic hydroxyl groups excluding tert-OH is 1. The number of aliphatic hydroxyl groups is 1. The van der Waals surface area contributed by atoms with Crippen LogP contribution in [0.15, 0.2) is 0 Å². The van der Waals surface area contributed by atoms with E-state index >= 15 is 0 Å². The molecule has 0 spiro atoms. The molecule has 86 valence electrons. The van der Waals surface area contributed by atoms with Crippen molar-refractivity contribution in [2.24, 2.45) is 0 Å². The molecule has 1 aliphatic rings. The van der Waals surface area contributed by atoms with E-state index in [-0.39, 0.29) is 31.1 Å². The van der Waals surface area contributed by atoms with Gasteiger partial charge < -0.3 is 10.4 Å². The fourth-order valence-corrected chi connectivity index (χ4v) is 1.30. The molecule has 3 amide bonds. The zero-order valence-electron chi connectivity index (χ0n) is 9.06. The van der Waals surface area contributed by atoms with Crippen molar-refractivity contribution in [1.29, 1.82) is 0 Å². The van der Waals surface area contributed by atoms with Gasteiger partial charge in [-0.15, -0.1) is 0 Å². The average Bonchev–Trinajstić information content (AvgIpc) is 2.54. The van der Waals surface area contributed by atoms with Crippen LogP contribution in [0.2, 0.25) is 0 Å². The summed E-state index contributed by atoms with van der Waals surface area (Å²) in [5, 5.41) is 11.4. The number of amides is 3. The molecule has 2 N–H and O–H groups in total. The minimum absolute atomic E-state index is 0.0331. The first-order valence-electron chi connectivity index (χ1n) is 4.95. The highest BCUT2D eigenvalue weighted by Gasteiger charge is 2.28. The van der Waals surface area contributed by atoms with Crippen molar-refractivity contribution in [3.8, 4) is 0 Å². The molecule has 1 fully saturated rings. The zero-order chi connectivity index (χ0) is 11.4. The second-order valence-electron chi connectivity index (χ2n) is 3.72. The van der Waals surface area contributed by atoms with Crippen LogP contribution in [0.5, 0.6) is 0 Å². The largest absolute Gasteiger partial charge is 0.395 e. The van der Waals surface area contributed by atoms with Crippen LogP contribution in [0, 0.1) is 0 Å². The van der Waals surface area contributed by atoms with Gasteiger partial charge in [-0.2, -0.15) is 0 Å². The molecule has 0 aromatic rings. The van der Waals surface area contributed by atoms with E-state index in [1.54, 1.807) is 0 Å². The van der Waals surface area contributed by atoms with Gasteiger partial charge in [0, 0.05) is 19.1 Å². The van der Waals surface area contributed by atoms with Crippen molar-refractivity contribution in [3.05, 3.63) is 0 Å². The first-order chi connectivity index (χ1) is 7.06. The van der Waals surface area contributed by atoms with Crippen LogP contribution in [0.1, 0.15) is 6.92 Å². The van der Waals surface area contributed by atoms with Gasteiger partial charge in [0.2, 0.25) is 5.91 Å². The second-order valence-corrected chi connectivity index (χ2v) is 3.72. The van der Waals surface area contributed by atoms with Crippen molar-refractivity contribution >= 4 is 11.9 Å². The number of nitrogens with one attached hydrogen (secondary N) is 1. The molecule has 1 aliphatic heterocycles. The van der Waals surface area contributed by atoms with Crippen LogP contribution in [-0.4, -0.2) is 66.2 Å². The summed E-state index contributed by atoms with van der Waals surface area (Å²) < 4.78 is 0. The highest BCUT2D eigenvalue weighted by Crippen LogP contribution is 2.00. The summed E-state index contributed by atoms with van der Waals surface area (Å²) in [5.74, 6) is -0.190. The molecule has 1 rings (SSSR count). The number of hydrogen-bond donors (Lipinski definition) is 2. The Morgan fingerprint density at radius 2 is 2.27 bits per heavy atom. The van der Waals surface area contributed by atoms with E-state index in [0.29, 0.717) is 13.1 Å². The topological polar surface area (TPSA) is 72.9 Å². The SMILES string of the molecule is CC(CO)N(C)CCN1C(=O)CNC1=O. The number of urea groups is 1. The predicted molar refractivity (Wildman–Crippen MR) is 54.3 cm³/mol. The number of likely N-dealkylation sites (N-methyl/N-ethyl adjacent to an activating group) is 1. The maximum atomic E-state index is 11.2. The molecule has 1 atom stereocenters. The van der Waals surface area contributed by atoms with Crippen molar-refractivity contribution in [2.45, 2.75) is 13.0 Å². The Labute approximate surface area is 88.8 Å². The minimum atomic E-state index is -0.329. The van der Waals surface area contributed by atoms with Gasteiger partial charge in [0.1, 0.15) is 0 Å². The third-order valence-electron chi connectivity index (χ3n) is 2.63. The fourth-order valence-electron chi connectivity index (χ4n) is 1.30. The van der Waals surface area contributed by atoms with E-state index in [2.05, 4.69) is 5.32 Å². The van der Waals surface area contributed by atoms with Gasteiger partial charge in [-0.1, -0.05) is 0 Å². The molecule has 1 heterocycles. The van der Waals surface area contributed by atoms with Gasteiger partial charge >= 0.3 is 6.03 Å². The van der Waals surface area contributed by atoms with Crippen molar-refractivity contribution in [3.63, 3.8) is 0 Å². The fraction of sp³-hybridized carbons (Fsp3) is 0.778. The lowest BCUT2D eigenvalue weighted by molar-refractivity contribution is -0.125. The highest BCUT2D eigenvalue weighted by atomic mass is 16.3. The highest BCUT2D eigenvalue weighted by molar-refractivity contribution is 6.01. The number of carbonyl (C=O) groups excluding carboxylic acids is 2. The lowest BCUT2D eigenvalue weighted by Crippen LogP contribution is -2.41. The summed E-state index contributed by atoms with van der Waals surface area (Å²) in [6.07, 6.45) is 0. The predicted octanol–water partition coefficient (Wildman–Crippen LogP) is -1.15. The second kappa shape index (κ2) is 5.09. The Morgan fingerprint density at radius 3 is 2.73 bits per heavy atom. The molecule has 1 unspecified atom stereocenters. The van der Waals surface area contributed by atoms with E-state index in [9.17, 15) is 9.59 Å². The van der Waals surface area contributed by atoms with E-state index in [1.165, 1.54) is 4.90 Å². The Bertz CT molecular complexity index is 241. The Balaban J connectivity index is 2.36. The smallest absolute Gasteiger partial charge is 0.324 e. The van der Waals surface area contributed by atoms with Crippen LogP contribution in [0.3, 0.4) is 0 Å². The number of rotatable bonds is 5. The molecule has 0 aliphatic carbocycles. The molecule has 0 aromatic heterocycles. The first kappa shape index (κ1) is 11.9. The van der Waals surface area contributed by atoms with Gasteiger partial charge in [-0.05, 0) is 14.0 Å². The van der Waals surface area contributed by atoms with Gasteiger partial charge in [-0.3, -0.25) is 14.6 Å². The van der Waals surface area contributed by atoms with E-state index < -0.39 is 0 Å². The van der Waals surface area contributed by atoms with Crippen molar-refractivity contribution in [2.75, 3.05) is 33.3 Å². The van der Waals surface area contributed by atoms with Gasteiger partial charge in [0.05, 0.1) is 13.2 Å². The van der Waals surface area contributed by atoms with Crippen molar-refractivity contribution in [1.82, 2.24) is 15.1 Å². The monoisotopic (exact) mass is 215 g/mol. The van der Waals surface area contributed by atoms with Crippen LogP contribution in [0.25, 0.3) is 0 Å². The summed E-state index contributed by atoms with van der Waals surface area (Å²) in [7, 11) is 1.85. The van der Waals surface area contributed by atoms with Crippen LogP contribution in [0.4, 0.5) is 4.79 Å². The van der Waals surface area contributed by atoms with Gasteiger partial charge in [-0.25, -0.2) is 4.79 Å². The normalized spacial score (nSPS) is 18.5. The molecule has 0 saturated carbocycles.